The van der Waals surface area contributed by atoms with Crippen molar-refractivity contribution < 1.29 is 17.7 Å². The summed E-state index contributed by atoms with van der Waals surface area (Å²) in [6, 6.07) is 14.8. The molecule has 0 radical (unpaired) electrons. The number of aryl methyl sites for hydroxylation is 1. The molecule has 3 heterocycles. The van der Waals surface area contributed by atoms with Gasteiger partial charge in [-0.3, -0.25) is 4.79 Å². The summed E-state index contributed by atoms with van der Waals surface area (Å²) in [7, 11) is -3.92. The number of sulfonamides is 1. The van der Waals surface area contributed by atoms with Gasteiger partial charge in [-0.15, -0.1) is 0 Å². The minimum absolute atomic E-state index is 0.0183. The molecule has 9 nitrogen and oxygen atoms in total. The zero-order valence-electron chi connectivity index (χ0n) is 20.0. The number of carbonyl (C=O) groups excluding carboxylic acids is 1. The van der Waals surface area contributed by atoms with Crippen LogP contribution in [0.2, 0.25) is 5.02 Å². The zero-order valence-corrected chi connectivity index (χ0v) is 21.6. The smallest absolute Gasteiger partial charge is 0.244 e. The molecule has 1 atom stereocenters. The van der Waals surface area contributed by atoms with Crippen LogP contribution in [0, 0.1) is 12.8 Å². The molecule has 0 bridgehead atoms. The molecule has 0 spiro atoms. The molecule has 11 heteroatoms. The molecule has 2 aliphatic rings. The number of hydrogen-bond donors (Lipinski definition) is 0. The van der Waals surface area contributed by atoms with Crippen molar-refractivity contribution in [3.63, 3.8) is 0 Å². The van der Waals surface area contributed by atoms with Crippen LogP contribution < -0.4 is 4.90 Å². The number of benzene rings is 2. The maximum absolute atomic E-state index is 13.6. The first-order chi connectivity index (χ1) is 17.3. The Bertz CT molecular complexity index is 1340. The van der Waals surface area contributed by atoms with E-state index in [1.165, 1.54) is 16.4 Å². The Balaban J connectivity index is 1.28. The van der Waals surface area contributed by atoms with Crippen LogP contribution in [0.25, 0.3) is 11.4 Å². The van der Waals surface area contributed by atoms with Gasteiger partial charge in [0.2, 0.25) is 27.6 Å². The molecular weight excluding hydrogens is 502 g/mol. The average Bonchev–Trinajstić information content (AvgIpc) is 3.35. The summed E-state index contributed by atoms with van der Waals surface area (Å²) < 4.78 is 33.6. The standard InChI is InChI=1S/C25H28ClN5O4S/c1-18-27-24(28-35-18)19-9-10-22(26)23(16-19)36(33,34)31-11-5-6-20(17-31)25(32)30-14-12-29(13-15-30)21-7-3-2-4-8-21/h2-4,7-10,16,20H,5-6,11-15,17H2,1H3/t20-/m0/s1. The maximum atomic E-state index is 13.6. The van der Waals surface area contributed by atoms with Crippen molar-refractivity contribution in [3.8, 4) is 11.4 Å². The largest absolute Gasteiger partial charge is 0.368 e. The highest BCUT2D eigenvalue weighted by molar-refractivity contribution is 7.89. The molecule has 2 saturated heterocycles. The van der Waals surface area contributed by atoms with Gasteiger partial charge in [-0.25, -0.2) is 8.42 Å². The van der Waals surface area contributed by atoms with Crippen LogP contribution in [0.3, 0.4) is 0 Å². The quantitative estimate of drug-likeness (QED) is 0.499. The van der Waals surface area contributed by atoms with Crippen LogP contribution in [-0.2, 0) is 14.8 Å². The fourth-order valence-corrected chi connectivity index (χ4v) is 6.86. The van der Waals surface area contributed by atoms with Crippen LogP contribution in [0.15, 0.2) is 57.9 Å². The lowest BCUT2D eigenvalue weighted by Gasteiger charge is -2.39. The minimum Gasteiger partial charge on any atom is -0.368 e. The van der Waals surface area contributed by atoms with Crippen LogP contribution in [-0.4, -0.2) is 72.9 Å². The lowest BCUT2D eigenvalue weighted by atomic mass is 9.97. The third-order valence-corrected chi connectivity index (χ3v) is 9.13. The number of piperazine rings is 1. The molecule has 190 valence electrons. The third-order valence-electron chi connectivity index (χ3n) is 6.78. The number of piperidine rings is 1. The number of carbonyl (C=O) groups is 1. The first-order valence-electron chi connectivity index (χ1n) is 12.0. The summed E-state index contributed by atoms with van der Waals surface area (Å²) in [5.74, 6) is 0.316. The molecule has 2 aromatic carbocycles. The van der Waals surface area contributed by atoms with E-state index in [4.69, 9.17) is 16.1 Å². The molecule has 36 heavy (non-hydrogen) atoms. The summed E-state index contributed by atoms with van der Waals surface area (Å²) in [5, 5.41) is 3.99. The van der Waals surface area contributed by atoms with Crippen LogP contribution in [0.4, 0.5) is 5.69 Å². The third kappa shape index (κ3) is 4.98. The second kappa shape index (κ2) is 10.2. The predicted molar refractivity (Wildman–Crippen MR) is 136 cm³/mol. The van der Waals surface area contributed by atoms with Crippen molar-refractivity contribution >= 4 is 33.2 Å². The van der Waals surface area contributed by atoms with Gasteiger partial charge in [-0.05, 0) is 43.2 Å². The van der Waals surface area contributed by atoms with Gasteiger partial charge in [0, 0.05) is 57.4 Å². The SMILES string of the molecule is Cc1nc(-c2ccc(Cl)c(S(=O)(=O)N3CCC[C@H](C(=O)N4CCN(c5ccccc5)CC4)C3)c2)no1. The van der Waals surface area contributed by atoms with E-state index in [1.807, 2.05) is 23.1 Å². The summed E-state index contributed by atoms with van der Waals surface area (Å²) in [6.07, 6.45) is 1.28. The van der Waals surface area contributed by atoms with E-state index in [2.05, 4.69) is 27.2 Å². The molecule has 0 unspecified atom stereocenters. The van der Waals surface area contributed by atoms with Crippen molar-refractivity contribution in [1.82, 2.24) is 19.3 Å². The molecule has 0 saturated carbocycles. The fourth-order valence-electron chi connectivity index (χ4n) is 4.84. The summed E-state index contributed by atoms with van der Waals surface area (Å²) in [5.41, 5.74) is 1.64. The predicted octanol–water partition coefficient (Wildman–Crippen LogP) is 3.45. The number of nitrogens with zero attached hydrogens (tertiary/aromatic N) is 5. The van der Waals surface area contributed by atoms with Gasteiger partial charge in [-0.1, -0.05) is 35.0 Å². The summed E-state index contributed by atoms with van der Waals surface area (Å²) in [6.45, 7) is 4.89. The van der Waals surface area contributed by atoms with Crippen molar-refractivity contribution in [3.05, 3.63) is 59.4 Å². The van der Waals surface area contributed by atoms with Crippen molar-refractivity contribution in [1.29, 1.82) is 0 Å². The Morgan fingerprint density at radius 1 is 1.06 bits per heavy atom. The Labute approximate surface area is 215 Å². The van der Waals surface area contributed by atoms with E-state index in [9.17, 15) is 13.2 Å². The molecule has 0 aliphatic carbocycles. The first kappa shape index (κ1) is 24.7. The minimum atomic E-state index is -3.92. The van der Waals surface area contributed by atoms with Gasteiger partial charge in [-0.2, -0.15) is 9.29 Å². The van der Waals surface area contributed by atoms with Crippen molar-refractivity contribution in [2.24, 2.45) is 5.92 Å². The molecule has 1 aromatic heterocycles. The molecule has 1 amide bonds. The second-order valence-corrected chi connectivity index (χ2v) is 11.4. The normalized spacial score (nSPS) is 19.4. The van der Waals surface area contributed by atoms with Gasteiger partial charge in [0.1, 0.15) is 4.90 Å². The van der Waals surface area contributed by atoms with Crippen LogP contribution in [0.1, 0.15) is 18.7 Å². The Hall–Kier alpha value is -2.95. The lowest BCUT2D eigenvalue weighted by Crippen LogP contribution is -2.53. The van der Waals surface area contributed by atoms with Gasteiger partial charge < -0.3 is 14.3 Å². The highest BCUT2D eigenvalue weighted by Crippen LogP contribution is 2.32. The number of rotatable bonds is 5. The number of aromatic nitrogens is 2. The lowest BCUT2D eigenvalue weighted by molar-refractivity contribution is -0.137. The monoisotopic (exact) mass is 529 g/mol. The van der Waals surface area contributed by atoms with Gasteiger partial charge in [0.15, 0.2) is 0 Å². The fraction of sp³-hybridized carbons (Fsp3) is 0.400. The van der Waals surface area contributed by atoms with E-state index >= 15 is 0 Å². The Kier molecular flexibility index (Phi) is 7.00. The van der Waals surface area contributed by atoms with Gasteiger partial charge in [0.25, 0.3) is 0 Å². The summed E-state index contributed by atoms with van der Waals surface area (Å²) in [4.78, 5) is 21.6. The zero-order chi connectivity index (χ0) is 25.3. The van der Waals surface area contributed by atoms with Gasteiger partial charge in [0.05, 0.1) is 10.9 Å². The number of para-hydroxylation sites is 1. The van der Waals surface area contributed by atoms with E-state index in [-0.39, 0.29) is 28.3 Å². The van der Waals surface area contributed by atoms with Gasteiger partial charge >= 0.3 is 0 Å². The molecule has 5 rings (SSSR count). The Morgan fingerprint density at radius 3 is 2.50 bits per heavy atom. The first-order valence-corrected chi connectivity index (χ1v) is 13.8. The molecule has 2 fully saturated rings. The van der Waals surface area contributed by atoms with Crippen LogP contribution in [0.5, 0.6) is 0 Å². The summed E-state index contributed by atoms with van der Waals surface area (Å²) >= 11 is 6.33. The molecular formula is C25H28ClN5O4S. The highest BCUT2D eigenvalue weighted by Gasteiger charge is 2.37. The number of anilines is 1. The van der Waals surface area contributed by atoms with Crippen molar-refractivity contribution in [2.45, 2.75) is 24.7 Å². The molecule has 3 aromatic rings. The molecule has 0 N–H and O–H groups in total. The van der Waals surface area contributed by atoms with E-state index in [0.29, 0.717) is 49.8 Å². The van der Waals surface area contributed by atoms with E-state index < -0.39 is 10.0 Å². The number of halogens is 1. The maximum Gasteiger partial charge on any atom is 0.244 e. The topological polar surface area (TPSA) is 99.8 Å². The van der Waals surface area contributed by atoms with Crippen LogP contribution >= 0.6 is 11.6 Å². The number of hydrogen-bond acceptors (Lipinski definition) is 7. The number of amides is 1. The second-order valence-electron chi connectivity index (χ2n) is 9.13. The highest BCUT2D eigenvalue weighted by atomic mass is 35.5. The Morgan fingerprint density at radius 2 is 1.81 bits per heavy atom. The van der Waals surface area contributed by atoms with E-state index in [0.717, 1.165) is 18.8 Å². The van der Waals surface area contributed by atoms with Crippen molar-refractivity contribution in [2.75, 3.05) is 44.2 Å². The van der Waals surface area contributed by atoms with E-state index in [1.54, 1.807) is 13.0 Å². The molecule has 2 aliphatic heterocycles. The average molecular weight is 530 g/mol.